The number of alkyl halides is 3. The summed E-state index contributed by atoms with van der Waals surface area (Å²) in [5.41, 5.74) is 1.09. The number of benzene rings is 2. The smallest absolute Gasteiger partial charge is 0.449 e. The molecule has 0 fully saturated rings. The molecule has 208 valence electrons. The highest BCUT2D eigenvalue weighted by Crippen LogP contribution is 2.30. The Hall–Kier alpha value is -4.15. The molecule has 0 saturated carbocycles. The van der Waals surface area contributed by atoms with Gasteiger partial charge in [-0.05, 0) is 24.0 Å². The average Bonchev–Trinajstić information content (AvgIpc) is 2.89. The van der Waals surface area contributed by atoms with E-state index in [1.54, 1.807) is 81.4 Å². The van der Waals surface area contributed by atoms with Crippen LogP contribution in [0.3, 0.4) is 0 Å². The Morgan fingerprint density at radius 2 is 1.59 bits per heavy atom. The van der Waals surface area contributed by atoms with Crippen LogP contribution in [0, 0.1) is 5.92 Å². The summed E-state index contributed by atoms with van der Waals surface area (Å²) in [7, 11) is 0. The van der Waals surface area contributed by atoms with E-state index < -0.39 is 54.4 Å². The van der Waals surface area contributed by atoms with E-state index in [1.807, 2.05) is 0 Å². The summed E-state index contributed by atoms with van der Waals surface area (Å²) in [6, 6.07) is 13.5. The van der Waals surface area contributed by atoms with E-state index in [4.69, 9.17) is 4.74 Å². The summed E-state index contributed by atoms with van der Waals surface area (Å²) >= 11 is 0. The number of carbonyl (C=O) groups is 4. The number of nitrogens with zero attached hydrogens (tertiary/aromatic N) is 2. The molecule has 0 unspecified atom stereocenters. The van der Waals surface area contributed by atoms with Gasteiger partial charge in [-0.1, -0.05) is 74.5 Å². The van der Waals surface area contributed by atoms with Gasteiger partial charge in [-0.3, -0.25) is 24.2 Å². The van der Waals surface area contributed by atoms with Crippen LogP contribution in [0.1, 0.15) is 31.9 Å². The predicted octanol–water partition coefficient (Wildman–Crippen LogP) is 4.17. The van der Waals surface area contributed by atoms with E-state index in [0.717, 1.165) is 4.90 Å². The zero-order valence-electron chi connectivity index (χ0n) is 21.8. The van der Waals surface area contributed by atoms with E-state index >= 15 is 0 Å². The lowest BCUT2D eigenvalue weighted by Gasteiger charge is -2.40. The first kappa shape index (κ1) is 29.4. The predicted molar refractivity (Wildman–Crippen MR) is 137 cm³/mol. The van der Waals surface area contributed by atoms with Crippen LogP contribution in [0.2, 0.25) is 0 Å². The molecular formula is C28H30F3N3O5. The van der Waals surface area contributed by atoms with E-state index in [-0.39, 0.29) is 18.7 Å². The molecule has 0 spiro atoms. The third-order valence-electron chi connectivity index (χ3n) is 6.07. The van der Waals surface area contributed by atoms with Crippen molar-refractivity contribution in [3.8, 4) is 0 Å². The first-order valence-electron chi connectivity index (χ1n) is 12.4. The molecule has 0 aromatic heterocycles. The third kappa shape index (κ3) is 7.24. The Morgan fingerprint density at radius 1 is 1.00 bits per heavy atom. The molecule has 1 aliphatic rings. The molecule has 39 heavy (non-hydrogen) atoms. The minimum Gasteiger partial charge on any atom is -0.449 e. The van der Waals surface area contributed by atoms with Gasteiger partial charge in [0.1, 0.15) is 18.6 Å². The summed E-state index contributed by atoms with van der Waals surface area (Å²) in [5.74, 6) is -4.07. The number of nitrogens with one attached hydrogen (secondary N) is 1. The first-order valence-corrected chi connectivity index (χ1v) is 12.4. The number of ether oxygens (including phenoxy) is 1. The Bertz CT molecular complexity index is 1220. The lowest BCUT2D eigenvalue weighted by molar-refractivity contribution is -0.173. The molecule has 0 bridgehead atoms. The molecule has 1 N–H and O–H groups in total. The molecule has 2 aromatic carbocycles. The molecule has 1 aliphatic heterocycles. The van der Waals surface area contributed by atoms with Gasteiger partial charge in [0.05, 0.1) is 12.3 Å². The maximum atomic E-state index is 13.7. The van der Waals surface area contributed by atoms with Gasteiger partial charge >= 0.3 is 12.3 Å². The quantitative estimate of drug-likeness (QED) is 0.511. The van der Waals surface area contributed by atoms with Crippen LogP contribution in [0.15, 0.2) is 66.9 Å². The van der Waals surface area contributed by atoms with Crippen molar-refractivity contribution in [3.05, 3.63) is 78.0 Å². The van der Waals surface area contributed by atoms with E-state index in [0.29, 0.717) is 11.1 Å². The third-order valence-corrected chi connectivity index (χ3v) is 6.07. The molecule has 0 aliphatic carbocycles. The van der Waals surface area contributed by atoms with Crippen LogP contribution >= 0.6 is 0 Å². The first-order chi connectivity index (χ1) is 18.4. The highest BCUT2D eigenvalue weighted by molar-refractivity contribution is 6.00. The van der Waals surface area contributed by atoms with Crippen LogP contribution in [-0.2, 0) is 25.5 Å². The second-order valence-electron chi connectivity index (χ2n) is 9.27. The van der Waals surface area contributed by atoms with Crippen molar-refractivity contribution in [3.63, 3.8) is 0 Å². The summed E-state index contributed by atoms with van der Waals surface area (Å²) in [6.07, 6.45) is -4.91. The maximum Gasteiger partial charge on any atom is 0.452 e. The molecule has 11 heteroatoms. The highest BCUT2D eigenvalue weighted by atomic mass is 19.4. The van der Waals surface area contributed by atoms with Gasteiger partial charge in [0.2, 0.25) is 5.91 Å². The van der Waals surface area contributed by atoms with Crippen molar-refractivity contribution in [1.82, 2.24) is 15.1 Å². The van der Waals surface area contributed by atoms with Gasteiger partial charge in [-0.25, -0.2) is 4.79 Å². The lowest BCUT2D eigenvalue weighted by Crippen LogP contribution is -2.57. The SMILES string of the molecule is CCOC(=O)N1C=C(c2ccccc2)N(CC(=O)N[C@@H](Cc2ccccc2)C(=O)C(F)(F)F)C(=O)[C@@H]1C(C)C. The summed E-state index contributed by atoms with van der Waals surface area (Å²) < 4.78 is 45.2. The minimum atomic E-state index is -5.17. The van der Waals surface area contributed by atoms with Crippen LogP contribution in [-0.4, -0.2) is 64.9 Å². The topological polar surface area (TPSA) is 96.0 Å². The van der Waals surface area contributed by atoms with Crippen molar-refractivity contribution in [2.75, 3.05) is 13.2 Å². The van der Waals surface area contributed by atoms with Crippen molar-refractivity contribution in [2.24, 2.45) is 5.92 Å². The van der Waals surface area contributed by atoms with Crippen molar-refractivity contribution >= 4 is 29.4 Å². The molecule has 3 rings (SSSR count). The summed E-state index contributed by atoms with van der Waals surface area (Å²) in [4.78, 5) is 54.0. The Morgan fingerprint density at radius 3 is 2.13 bits per heavy atom. The van der Waals surface area contributed by atoms with Crippen molar-refractivity contribution < 1.29 is 37.1 Å². The Labute approximate surface area is 224 Å². The summed E-state index contributed by atoms with van der Waals surface area (Å²) in [5, 5.41) is 2.18. The number of amides is 3. The van der Waals surface area contributed by atoms with Gasteiger partial charge in [0.15, 0.2) is 0 Å². The molecule has 3 amide bonds. The van der Waals surface area contributed by atoms with Crippen LogP contribution in [0.25, 0.3) is 5.70 Å². The Balaban J connectivity index is 1.95. The number of hydrogen-bond donors (Lipinski definition) is 1. The molecule has 0 radical (unpaired) electrons. The number of ketones is 1. The fraction of sp³-hybridized carbons (Fsp3) is 0.357. The van der Waals surface area contributed by atoms with Crippen LogP contribution < -0.4 is 5.32 Å². The molecule has 0 saturated heterocycles. The largest absolute Gasteiger partial charge is 0.452 e. The molecule has 1 heterocycles. The lowest BCUT2D eigenvalue weighted by atomic mass is 9.97. The molecular weight excluding hydrogens is 515 g/mol. The van der Waals surface area contributed by atoms with Crippen molar-refractivity contribution in [2.45, 2.75) is 45.5 Å². The normalized spacial score (nSPS) is 16.5. The monoisotopic (exact) mass is 545 g/mol. The number of hydrogen-bond acceptors (Lipinski definition) is 5. The van der Waals surface area contributed by atoms with Gasteiger partial charge in [-0.15, -0.1) is 0 Å². The number of carbonyl (C=O) groups excluding carboxylic acids is 4. The molecule has 2 aromatic rings. The fourth-order valence-electron chi connectivity index (χ4n) is 4.29. The second kappa shape index (κ2) is 12.6. The fourth-order valence-corrected chi connectivity index (χ4v) is 4.29. The van der Waals surface area contributed by atoms with Crippen molar-refractivity contribution in [1.29, 1.82) is 0 Å². The molecule has 2 atom stereocenters. The summed E-state index contributed by atoms with van der Waals surface area (Å²) in [6.45, 7) is 4.46. The van der Waals surface area contributed by atoms with Gasteiger partial charge in [-0.2, -0.15) is 13.2 Å². The zero-order chi connectivity index (χ0) is 28.7. The number of rotatable bonds is 9. The van der Waals surface area contributed by atoms with Gasteiger partial charge in [0, 0.05) is 12.6 Å². The molecule has 8 nitrogen and oxygen atoms in total. The Kier molecular flexibility index (Phi) is 9.50. The van der Waals surface area contributed by atoms with Gasteiger partial charge < -0.3 is 10.1 Å². The average molecular weight is 546 g/mol. The van der Waals surface area contributed by atoms with Crippen LogP contribution in [0.5, 0.6) is 0 Å². The van der Waals surface area contributed by atoms with Crippen LogP contribution in [0.4, 0.5) is 18.0 Å². The minimum absolute atomic E-state index is 0.0744. The maximum absolute atomic E-state index is 13.7. The van der Waals surface area contributed by atoms with E-state index in [9.17, 15) is 32.3 Å². The van der Waals surface area contributed by atoms with E-state index in [2.05, 4.69) is 5.32 Å². The standard InChI is InChI=1S/C28H30F3N3O5/c1-4-39-27(38)34-16-22(20-13-9-6-10-14-20)33(26(37)24(34)18(2)3)17-23(35)32-21(25(36)28(29,30)31)15-19-11-7-5-8-12-19/h5-14,16,18,21,24H,4,15,17H2,1-3H3,(H,32,35)/t21-,24-/m0/s1. The van der Waals surface area contributed by atoms with Gasteiger partial charge in [0.25, 0.3) is 11.7 Å². The highest BCUT2D eigenvalue weighted by Gasteiger charge is 2.45. The zero-order valence-corrected chi connectivity index (χ0v) is 21.8. The number of halogens is 3. The van der Waals surface area contributed by atoms with E-state index in [1.165, 1.54) is 11.1 Å². The number of Topliss-reactive ketones (excluding diaryl/α,β-unsaturated/α-hetero) is 1. The second-order valence-corrected chi connectivity index (χ2v) is 9.27.